The lowest BCUT2D eigenvalue weighted by molar-refractivity contribution is -0.311. The zero-order valence-corrected chi connectivity index (χ0v) is 18.1. The molecule has 4 aliphatic rings. The first kappa shape index (κ1) is 21.0. The van der Waals surface area contributed by atoms with E-state index in [-0.39, 0.29) is 31.3 Å². The van der Waals surface area contributed by atoms with Gasteiger partial charge in [0.2, 0.25) is 0 Å². The first-order valence-corrected chi connectivity index (χ1v) is 11.0. The molecule has 2 aliphatic heterocycles. The van der Waals surface area contributed by atoms with Crippen LogP contribution in [0.2, 0.25) is 0 Å². The van der Waals surface area contributed by atoms with E-state index in [9.17, 15) is 19.8 Å². The molecule has 2 saturated carbocycles. The number of esters is 2. The van der Waals surface area contributed by atoms with E-state index in [0.717, 1.165) is 5.56 Å². The van der Waals surface area contributed by atoms with Crippen LogP contribution in [0.1, 0.15) is 64.5 Å². The minimum absolute atomic E-state index is 0.111. The summed E-state index contributed by atoms with van der Waals surface area (Å²) in [6, 6.07) is 1.76. The van der Waals surface area contributed by atoms with E-state index in [1.807, 2.05) is 6.92 Å². The third-order valence-corrected chi connectivity index (χ3v) is 8.90. The van der Waals surface area contributed by atoms with Crippen molar-refractivity contribution in [2.45, 2.75) is 82.4 Å². The van der Waals surface area contributed by atoms with Crippen molar-refractivity contribution in [3.05, 3.63) is 24.2 Å². The summed E-state index contributed by atoms with van der Waals surface area (Å²) in [5.41, 5.74) is -4.65. The van der Waals surface area contributed by atoms with Crippen LogP contribution in [0, 0.1) is 16.7 Å². The molecule has 2 aliphatic carbocycles. The van der Waals surface area contributed by atoms with E-state index in [2.05, 4.69) is 0 Å². The Morgan fingerprint density at radius 3 is 2.58 bits per heavy atom. The van der Waals surface area contributed by atoms with Crippen LogP contribution in [-0.2, 0) is 23.8 Å². The van der Waals surface area contributed by atoms with Crippen LogP contribution in [0.25, 0.3) is 0 Å². The molecule has 2 saturated heterocycles. The molecule has 31 heavy (non-hydrogen) atoms. The molecule has 0 amide bonds. The van der Waals surface area contributed by atoms with E-state index >= 15 is 0 Å². The number of rotatable bonds is 3. The predicted molar refractivity (Wildman–Crippen MR) is 106 cm³/mol. The standard InChI is InChI=1S/C23H30O8/c1-13(24)30-18-5-8-23(27)20(2,21(18,3)26)7-4-15(17-12-29-17)22(23)10-16(31-19(22)25)14-6-9-28-11-14/h6,9,11,15-18,26-27H,4-5,7-8,10,12H2,1-3H3/t15-,16-,17-,18-,20-,21+,22+,23-/m1/s1. The number of furan rings is 1. The monoisotopic (exact) mass is 434 g/mol. The Labute approximate surface area is 180 Å². The summed E-state index contributed by atoms with van der Waals surface area (Å²) >= 11 is 0. The van der Waals surface area contributed by atoms with Gasteiger partial charge in [0.25, 0.3) is 0 Å². The molecule has 8 heteroatoms. The fraction of sp³-hybridized carbons (Fsp3) is 0.739. The number of ether oxygens (including phenoxy) is 3. The van der Waals surface area contributed by atoms with Gasteiger partial charge in [0.1, 0.15) is 23.2 Å². The Kier molecular flexibility index (Phi) is 4.44. The summed E-state index contributed by atoms with van der Waals surface area (Å²) < 4.78 is 22.1. The summed E-state index contributed by atoms with van der Waals surface area (Å²) in [5.74, 6) is -1.14. The lowest BCUT2D eigenvalue weighted by Crippen LogP contribution is -2.77. The molecule has 0 aromatic carbocycles. The van der Waals surface area contributed by atoms with E-state index < -0.39 is 46.2 Å². The van der Waals surface area contributed by atoms with Crippen LogP contribution >= 0.6 is 0 Å². The van der Waals surface area contributed by atoms with Crippen LogP contribution in [0.4, 0.5) is 0 Å². The van der Waals surface area contributed by atoms with Crippen LogP contribution < -0.4 is 0 Å². The molecule has 4 fully saturated rings. The average Bonchev–Trinajstić information content (AvgIpc) is 3.26. The van der Waals surface area contributed by atoms with Crippen molar-refractivity contribution in [1.82, 2.24) is 0 Å². The van der Waals surface area contributed by atoms with Crippen molar-refractivity contribution >= 4 is 11.9 Å². The molecular weight excluding hydrogens is 404 g/mol. The molecule has 0 radical (unpaired) electrons. The van der Waals surface area contributed by atoms with Gasteiger partial charge >= 0.3 is 11.9 Å². The minimum atomic E-state index is -1.55. The highest BCUT2D eigenvalue weighted by molar-refractivity contribution is 5.82. The van der Waals surface area contributed by atoms with Crippen molar-refractivity contribution < 1.29 is 38.4 Å². The summed E-state index contributed by atoms with van der Waals surface area (Å²) in [4.78, 5) is 25.3. The Morgan fingerprint density at radius 1 is 1.23 bits per heavy atom. The maximum absolute atomic E-state index is 13.6. The summed E-state index contributed by atoms with van der Waals surface area (Å²) in [7, 11) is 0. The Morgan fingerprint density at radius 2 is 1.97 bits per heavy atom. The number of epoxide rings is 1. The molecule has 8 nitrogen and oxygen atoms in total. The van der Waals surface area contributed by atoms with Gasteiger partial charge < -0.3 is 28.8 Å². The van der Waals surface area contributed by atoms with Gasteiger partial charge in [0.05, 0.1) is 30.8 Å². The first-order valence-electron chi connectivity index (χ1n) is 11.0. The van der Waals surface area contributed by atoms with Gasteiger partial charge in [-0.2, -0.15) is 0 Å². The van der Waals surface area contributed by atoms with Crippen LogP contribution in [0.3, 0.4) is 0 Å². The number of fused-ring (bicyclic) bond motifs is 2. The van der Waals surface area contributed by atoms with Crippen LogP contribution in [0.5, 0.6) is 0 Å². The minimum Gasteiger partial charge on any atom is -0.472 e. The zero-order valence-electron chi connectivity index (χ0n) is 18.1. The fourth-order valence-corrected chi connectivity index (χ4v) is 6.94. The van der Waals surface area contributed by atoms with Crippen molar-refractivity contribution in [3.63, 3.8) is 0 Å². The van der Waals surface area contributed by atoms with E-state index in [4.69, 9.17) is 18.6 Å². The first-order chi connectivity index (χ1) is 14.6. The summed E-state index contributed by atoms with van der Waals surface area (Å²) in [6.07, 6.45) is 3.51. The molecular formula is C23H30O8. The predicted octanol–water partition coefficient (Wildman–Crippen LogP) is 2.28. The summed E-state index contributed by atoms with van der Waals surface area (Å²) in [5, 5.41) is 24.1. The highest BCUT2D eigenvalue weighted by Crippen LogP contribution is 2.71. The molecule has 5 rings (SSSR count). The van der Waals surface area contributed by atoms with Crippen molar-refractivity contribution in [1.29, 1.82) is 0 Å². The molecule has 3 heterocycles. The molecule has 1 aromatic heterocycles. The van der Waals surface area contributed by atoms with Gasteiger partial charge in [-0.05, 0) is 38.7 Å². The van der Waals surface area contributed by atoms with Gasteiger partial charge in [-0.3, -0.25) is 9.59 Å². The number of carbonyl (C=O) groups excluding carboxylic acids is 2. The molecule has 1 spiro atoms. The number of aliphatic hydroxyl groups is 2. The number of hydrogen-bond acceptors (Lipinski definition) is 8. The Balaban J connectivity index is 1.61. The quantitative estimate of drug-likeness (QED) is 0.549. The van der Waals surface area contributed by atoms with Crippen LogP contribution in [-0.4, -0.2) is 52.2 Å². The molecule has 0 bridgehead atoms. The van der Waals surface area contributed by atoms with E-state index in [1.54, 1.807) is 19.3 Å². The Bertz CT molecular complexity index is 889. The largest absolute Gasteiger partial charge is 0.472 e. The normalized spacial score (nSPS) is 48.9. The highest BCUT2D eigenvalue weighted by Gasteiger charge is 2.79. The van der Waals surface area contributed by atoms with Crippen LogP contribution in [0.15, 0.2) is 23.0 Å². The smallest absolute Gasteiger partial charge is 0.316 e. The van der Waals surface area contributed by atoms with E-state index in [1.165, 1.54) is 13.2 Å². The van der Waals surface area contributed by atoms with Crippen molar-refractivity contribution in [2.75, 3.05) is 6.61 Å². The van der Waals surface area contributed by atoms with Gasteiger partial charge in [0, 0.05) is 30.2 Å². The SMILES string of the molecule is CC(=O)O[C@@H]1CC[C@@]2(O)[C@](C)(CC[C@H]([C@H]3CO3)[C@]23C[C@H](c2ccoc2)OC3=O)[C@@]1(C)O. The molecule has 0 unspecified atom stereocenters. The average molecular weight is 434 g/mol. The third-order valence-electron chi connectivity index (χ3n) is 8.90. The van der Waals surface area contributed by atoms with Gasteiger partial charge in [-0.15, -0.1) is 0 Å². The molecule has 8 atom stereocenters. The second-order valence-electron chi connectivity index (χ2n) is 10.1. The lowest BCUT2D eigenvalue weighted by atomic mass is 9.39. The number of carbonyl (C=O) groups is 2. The molecule has 1 aromatic rings. The lowest BCUT2D eigenvalue weighted by Gasteiger charge is -2.67. The zero-order chi connectivity index (χ0) is 22.2. The van der Waals surface area contributed by atoms with Gasteiger partial charge in [-0.25, -0.2) is 0 Å². The van der Waals surface area contributed by atoms with E-state index in [0.29, 0.717) is 19.4 Å². The fourth-order valence-electron chi connectivity index (χ4n) is 6.94. The van der Waals surface area contributed by atoms with Gasteiger partial charge in [-0.1, -0.05) is 6.92 Å². The maximum Gasteiger partial charge on any atom is 0.316 e. The number of hydrogen-bond donors (Lipinski definition) is 2. The maximum atomic E-state index is 13.6. The molecule has 2 N–H and O–H groups in total. The second kappa shape index (κ2) is 6.56. The number of cyclic esters (lactones) is 1. The topological polar surface area (TPSA) is 119 Å². The molecule has 170 valence electrons. The van der Waals surface area contributed by atoms with Crippen molar-refractivity contribution in [3.8, 4) is 0 Å². The highest BCUT2D eigenvalue weighted by atomic mass is 16.6. The second-order valence-corrected chi connectivity index (χ2v) is 10.1. The van der Waals surface area contributed by atoms with Gasteiger partial charge in [0.15, 0.2) is 0 Å². The van der Waals surface area contributed by atoms with Crippen molar-refractivity contribution in [2.24, 2.45) is 16.7 Å². The Hall–Kier alpha value is -1.90. The third kappa shape index (κ3) is 2.58. The summed E-state index contributed by atoms with van der Waals surface area (Å²) in [6.45, 7) is 5.29.